The molecular weight excluding hydrogens is 1030 g/mol. The third kappa shape index (κ3) is 65.0. The van der Waals surface area contributed by atoms with Crippen molar-refractivity contribution < 1.29 is 32.9 Å². The van der Waals surface area contributed by atoms with E-state index in [1.54, 1.807) is 6.08 Å². The van der Waals surface area contributed by atoms with Crippen LogP contribution < -0.4 is 5.32 Å². The molecule has 0 saturated carbocycles. The number of aliphatic hydroxyl groups excluding tert-OH is 1. The number of hydrogen-bond donors (Lipinski definition) is 3. The van der Waals surface area contributed by atoms with Crippen molar-refractivity contribution in [1.29, 1.82) is 0 Å². The van der Waals surface area contributed by atoms with Crippen molar-refractivity contribution in [1.82, 2.24) is 5.32 Å². The topological polar surface area (TPSA) is 105 Å². The molecule has 9 heteroatoms. The van der Waals surface area contributed by atoms with Crippen LogP contribution in [0, 0.1) is 0 Å². The Morgan fingerprint density at radius 2 is 0.744 bits per heavy atom. The lowest BCUT2D eigenvalue weighted by Crippen LogP contribution is -2.45. The fraction of sp³-hybridized carbons (Fsp3) is 0.767. The molecule has 3 atom stereocenters. The van der Waals surface area contributed by atoms with Gasteiger partial charge in [-0.1, -0.05) is 317 Å². The highest BCUT2D eigenvalue weighted by Gasteiger charge is 2.28. The second kappa shape index (κ2) is 62.9. The first-order valence-corrected chi connectivity index (χ1v) is 36.1. The van der Waals surface area contributed by atoms with E-state index in [0.29, 0.717) is 17.4 Å². The monoisotopic (exact) mass is 1170 g/mol. The quantitative estimate of drug-likeness (QED) is 0.0243. The fourth-order valence-electron chi connectivity index (χ4n) is 9.95. The molecule has 0 fully saturated rings. The molecule has 0 bridgehead atoms. The Kier molecular flexibility index (Phi) is 61.0. The number of nitrogens with zero attached hydrogens (tertiary/aromatic N) is 1. The summed E-state index contributed by atoms with van der Waals surface area (Å²) in [5.41, 5.74) is 0. The average Bonchev–Trinajstić information content (AvgIpc) is 3.47. The van der Waals surface area contributed by atoms with Crippen LogP contribution in [0.15, 0.2) is 97.2 Å². The molecule has 0 heterocycles. The molecule has 0 spiro atoms. The Balaban J connectivity index is 4.14. The molecule has 0 aromatic heterocycles. The van der Waals surface area contributed by atoms with Crippen LogP contribution in [0.5, 0.6) is 0 Å². The van der Waals surface area contributed by atoms with Crippen LogP contribution in [-0.4, -0.2) is 73.4 Å². The first-order valence-electron chi connectivity index (χ1n) is 34.6. The highest BCUT2D eigenvalue weighted by atomic mass is 31.2. The third-order valence-electron chi connectivity index (χ3n) is 15.3. The van der Waals surface area contributed by atoms with Crippen molar-refractivity contribution >= 4 is 13.7 Å². The molecular formula is C73H134N2O6P+. The van der Waals surface area contributed by atoms with E-state index < -0.39 is 20.0 Å². The Morgan fingerprint density at radius 1 is 0.427 bits per heavy atom. The number of carbonyl (C=O) groups is 1. The minimum Gasteiger partial charge on any atom is -0.387 e. The summed E-state index contributed by atoms with van der Waals surface area (Å²) in [5.74, 6) is -0.189. The number of amides is 1. The molecule has 0 aliphatic heterocycles. The maximum Gasteiger partial charge on any atom is 0.472 e. The number of rotatable bonds is 63. The van der Waals surface area contributed by atoms with Crippen molar-refractivity contribution in [3.63, 3.8) is 0 Å². The van der Waals surface area contributed by atoms with E-state index in [1.807, 2.05) is 27.2 Å². The fourth-order valence-corrected chi connectivity index (χ4v) is 10.7. The van der Waals surface area contributed by atoms with Gasteiger partial charge in [0.15, 0.2) is 0 Å². The summed E-state index contributed by atoms with van der Waals surface area (Å²) in [7, 11) is 1.55. The van der Waals surface area contributed by atoms with Crippen LogP contribution in [0.2, 0.25) is 0 Å². The number of phosphoric ester groups is 1. The SMILES string of the molecule is CC/C=C\C/C=C\C/C=C\C/C=C\C/C=C\C/C=C\CCCCCCCCCCCCCCC(=O)NC(COP(=O)(O)OCC[N+](C)(C)C)C(O)/C=C/CC/C=C/CCCCCCCCCCCCCCCCCCCCCCCCC. The first-order chi connectivity index (χ1) is 40.0. The van der Waals surface area contributed by atoms with Crippen LogP contribution in [0.1, 0.15) is 309 Å². The number of carbonyl (C=O) groups excluding carboxylic acids is 1. The van der Waals surface area contributed by atoms with E-state index in [9.17, 15) is 19.4 Å². The van der Waals surface area contributed by atoms with E-state index in [4.69, 9.17) is 9.05 Å². The van der Waals surface area contributed by atoms with Crippen molar-refractivity contribution in [2.75, 3.05) is 40.9 Å². The van der Waals surface area contributed by atoms with Crippen LogP contribution in [0.3, 0.4) is 0 Å². The molecule has 82 heavy (non-hydrogen) atoms. The highest BCUT2D eigenvalue weighted by Crippen LogP contribution is 2.43. The van der Waals surface area contributed by atoms with Gasteiger partial charge in [0.25, 0.3) is 0 Å². The largest absolute Gasteiger partial charge is 0.472 e. The Bertz CT molecular complexity index is 1660. The number of phosphoric acid groups is 1. The van der Waals surface area contributed by atoms with Crippen LogP contribution >= 0.6 is 7.82 Å². The van der Waals surface area contributed by atoms with E-state index in [2.05, 4.69) is 104 Å². The van der Waals surface area contributed by atoms with E-state index in [-0.39, 0.29) is 19.1 Å². The van der Waals surface area contributed by atoms with Crippen molar-refractivity contribution in [2.24, 2.45) is 0 Å². The molecule has 0 rings (SSSR count). The van der Waals surface area contributed by atoms with E-state index >= 15 is 0 Å². The number of hydrogen-bond acceptors (Lipinski definition) is 5. The molecule has 0 radical (unpaired) electrons. The van der Waals surface area contributed by atoms with Gasteiger partial charge in [-0.25, -0.2) is 4.57 Å². The van der Waals surface area contributed by atoms with Gasteiger partial charge in [0.05, 0.1) is 39.9 Å². The standard InChI is InChI=1S/C73H133N2O6P/c1-6-8-10-12-14-16-18-20-22-24-26-28-30-32-34-36-37-39-41-43-45-47-49-51-53-55-57-59-61-63-65-67-73(77)74-71(70-81-82(78,79)80-69-68-75(3,4)5)72(76)66-64-62-60-58-56-54-52-50-48-46-44-42-40-38-35-33-31-29-27-25-23-21-19-17-15-13-11-9-7-2/h8,10,14,16,20,22,26,28,32,34,37,39,56,58,64,66,71-72,76H,6-7,9,11-13,15,17-19,21,23-25,27,29-31,33,35-36,38,40-55,57,59-63,65,67-70H2,1-5H3,(H-,74,77,78,79)/p+1/b10-8-,16-14-,22-20-,28-26-,34-32-,39-37-,58-56+,66-64+. The van der Waals surface area contributed by atoms with E-state index in [0.717, 1.165) is 77.0 Å². The second-order valence-corrected chi connectivity index (χ2v) is 26.0. The molecule has 0 aromatic rings. The molecule has 476 valence electrons. The van der Waals surface area contributed by atoms with Crippen LogP contribution in [0.4, 0.5) is 0 Å². The van der Waals surface area contributed by atoms with Gasteiger partial charge in [0.1, 0.15) is 13.2 Å². The Morgan fingerprint density at radius 3 is 1.12 bits per heavy atom. The molecule has 0 saturated heterocycles. The lowest BCUT2D eigenvalue weighted by atomic mass is 10.0. The summed E-state index contributed by atoms with van der Waals surface area (Å²) in [6.45, 7) is 4.71. The van der Waals surface area contributed by atoms with E-state index in [1.165, 1.54) is 212 Å². The summed E-state index contributed by atoms with van der Waals surface area (Å²) in [6.07, 6.45) is 91.2. The van der Waals surface area contributed by atoms with Gasteiger partial charge in [-0.05, 0) is 83.5 Å². The predicted molar refractivity (Wildman–Crippen MR) is 359 cm³/mol. The van der Waals surface area contributed by atoms with Gasteiger partial charge < -0.3 is 19.8 Å². The molecule has 0 aromatic carbocycles. The van der Waals surface area contributed by atoms with Gasteiger partial charge in [-0.2, -0.15) is 0 Å². The molecule has 0 aliphatic carbocycles. The normalized spacial score (nSPS) is 14.3. The predicted octanol–water partition coefficient (Wildman–Crippen LogP) is 22.1. The lowest BCUT2D eigenvalue weighted by Gasteiger charge is -2.25. The number of nitrogens with one attached hydrogen (secondary N) is 1. The molecule has 8 nitrogen and oxygen atoms in total. The van der Waals surface area contributed by atoms with Gasteiger partial charge in [-0.15, -0.1) is 0 Å². The van der Waals surface area contributed by atoms with Crippen molar-refractivity contribution in [2.45, 2.75) is 321 Å². The van der Waals surface area contributed by atoms with Gasteiger partial charge >= 0.3 is 7.82 Å². The summed E-state index contributed by atoms with van der Waals surface area (Å²) in [5, 5.41) is 14.0. The van der Waals surface area contributed by atoms with Crippen molar-refractivity contribution in [3.8, 4) is 0 Å². The first kappa shape index (κ1) is 79.4. The zero-order chi connectivity index (χ0) is 59.8. The highest BCUT2D eigenvalue weighted by molar-refractivity contribution is 7.47. The molecule has 0 aliphatic rings. The summed E-state index contributed by atoms with van der Waals surface area (Å²) in [4.78, 5) is 23.4. The smallest absolute Gasteiger partial charge is 0.387 e. The molecule has 1 amide bonds. The number of likely N-dealkylation sites (N-methyl/N-ethyl adjacent to an activating group) is 1. The summed E-state index contributed by atoms with van der Waals surface area (Å²) >= 11 is 0. The number of aliphatic hydroxyl groups is 1. The third-order valence-corrected chi connectivity index (χ3v) is 16.3. The summed E-state index contributed by atoms with van der Waals surface area (Å²) in [6, 6.07) is -0.872. The van der Waals surface area contributed by atoms with Crippen LogP contribution in [0.25, 0.3) is 0 Å². The second-order valence-electron chi connectivity index (χ2n) is 24.5. The lowest BCUT2D eigenvalue weighted by molar-refractivity contribution is -0.870. The average molecular weight is 1170 g/mol. The maximum atomic E-state index is 13.0. The molecule has 3 N–H and O–H groups in total. The molecule has 3 unspecified atom stereocenters. The Hall–Kier alpha value is -2.58. The van der Waals surface area contributed by atoms with Gasteiger partial charge in [0, 0.05) is 6.42 Å². The summed E-state index contributed by atoms with van der Waals surface area (Å²) < 4.78 is 23.8. The number of quaternary nitrogens is 1. The number of allylic oxidation sites excluding steroid dienone is 15. The zero-order valence-electron chi connectivity index (χ0n) is 54.5. The zero-order valence-corrected chi connectivity index (χ0v) is 55.4. The minimum absolute atomic E-state index is 0.0524. The Labute approximate surface area is 509 Å². The van der Waals surface area contributed by atoms with Crippen molar-refractivity contribution in [3.05, 3.63) is 97.2 Å². The van der Waals surface area contributed by atoms with Crippen LogP contribution in [-0.2, 0) is 18.4 Å². The van der Waals surface area contributed by atoms with Gasteiger partial charge in [-0.3, -0.25) is 13.8 Å². The minimum atomic E-state index is -4.37. The number of unbranched alkanes of at least 4 members (excludes halogenated alkanes) is 36. The maximum absolute atomic E-state index is 13.0. The van der Waals surface area contributed by atoms with Gasteiger partial charge in [0.2, 0.25) is 5.91 Å².